The molecule has 138 valence electrons. The van der Waals surface area contributed by atoms with Crippen LogP contribution in [0.25, 0.3) is 0 Å². The lowest BCUT2D eigenvalue weighted by Gasteiger charge is -2.23. The Morgan fingerprint density at radius 1 is 1.08 bits per heavy atom. The lowest BCUT2D eigenvalue weighted by atomic mass is 9.93. The molecule has 7 heteroatoms. The van der Waals surface area contributed by atoms with Crippen LogP contribution in [0.4, 0.5) is 0 Å². The van der Waals surface area contributed by atoms with E-state index >= 15 is 0 Å². The molecule has 7 nitrogen and oxygen atoms in total. The predicted molar refractivity (Wildman–Crippen MR) is 89.5 cm³/mol. The number of nitrogens with one attached hydrogen (secondary N) is 2. The van der Waals surface area contributed by atoms with Crippen LogP contribution in [0.2, 0.25) is 0 Å². The SMILES string of the molecule is O=C(NCC(=O)N1CC[C@H](NC(=O)C2CC23CCOCC3)C1)C1CC1. The number of nitrogens with zero attached hydrogens (tertiary/aromatic N) is 1. The lowest BCUT2D eigenvalue weighted by Crippen LogP contribution is -2.43. The average Bonchev–Trinajstić information content (AvgIpc) is 3.52. The van der Waals surface area contributed by atoms with Crippen molar-refractivity contribution in [2.45, 2.75) is 44.6 Å². The molecule has 1 unspecified atom stereocenters. The number of carbonyl (C=O) groups is 3. The van der Waals surface area contributed by atoms with Crippen molar-refractivity contribution in [3.8, 4) is 0 Å². The molecule has 4 aliphatic rings. The quantitative estimate of drug-likeness (QED) is 0.734. The van der Waals surface area contributed by atoms with Crippen molar-refractivity contribution in [2.24, 2.45) is 17.3 Å². The summed E-state index contributed by atoms with van der Waals surface area (Å²) < 4.78 is 5.40. The summed E-state index contributed by atoms with van der Waals surface area (Å²) in [5.74, 6) is 0.322. The van der Waals surface area contributed by atoms with E-state index in [9.17, 15) is 14.4 Å². The summed E-state index contributed by atoms with van der Waals surface area (Å²) in [6.07, 6.45) is 5.61. The van der Waals surface area contributed by atoms with E-state index in [0.717, 1.165) is 51.7 Å². The van der Waals surface area contributed by atoms with Gasteiger partial charge >= 0.3 is 0 Å². The Kier molecular flexibility index (Phi) is 4.43. The van der Waals surface area contributed by atoms with Gasteiger partial charge < -0.3 is 20.3 Å². The first-order chi connectivity index (χ1) is 12.1. The fourth-order valence-corrected chi connectivity index (χ4v) is 4.22. The molecule has 2 heterocycles. The second-order valence-electron chi connectivity index (χ2n) is 8.06. The third-order valence-corrected chi connectivity index (χ3v) is 6.24. The highest BCUT2D eigenvalue weighted by atomic mass is 16.5. The van der Waals surface area contributed by atoms with Gasteiger partial charge in [-0.3, -0.25) is 14.4 Å². The first-order valence-corrected chi connectivity index (χ1v) is 9.51. The van der Waals surface area contributed by atoms with Gasteiger partial charge in [-0.2, -0.15) is 0 Å². The zero-order chi connectivity index (χ0) is 17.4. The molecule has 0 radical (unpaired) electrons. The fourth-order valence-electron chi connectivity index (χ4n) is 4.22. The summed E-state index contributed by atoms with van der Waals surface area (Å²) in [6.45, 7) is 2.80. The molecule has 2 N–H and O–H groups in total. The number of amides is 3. The van der Waals surface area contributed by atoms with Crippen molar-refractivity contribution in [1.82, 2.24) is 15.5 Å². The van der Waals surface area contributed by atoms with Crippen LogP contribution in [0.1, 0.15) is 38.5 Å². The third kappa shape index (κ3) is 3.66. The molecule has 2 aliphatic carbocycles. The third-order valence-electron chi connectivity index (χ3n) is 6.24. The number of ether oxygens (including phenoxy) is 1. The maximum Gasteiger partial charge on any atom is 0.242 e. The first kappa shape index (κ1) is 16.8. The Balaban J connectivity index is 1.19. The topological polar surface area (TPSA) is 87.7 Å². The minimum absolute atomic E-state index is 0.00658. The van der Waals surface area contributed by atoms with E-state index in [1.165, 1.54) is 0 Å². The number of likely N-dealkylation sites (tertiary alicyclic amines) is 1. The summed E-state index contributed by atoms with van der Waals surface area (Å²) in [5, 5.41) is 5.84. The zero-order valence-corrected chi connectivity index (χ0v) is 14.6. The molecule has 4 rings (SSSR count). The Hall–Kier alpha value is -1.63. The molecule has 2 saturated carbocycles. The summed E-state index contributed by atoms with van der Waals surface area (Å²) in [4.78, 5) is 38.1. The normalized spacial score (nSPS) is 30.2. The van der Waals surface area contributed by atoms with Crippen molar-refractivity contribution in [3.05, 3.63) is 0 Å². The minimum atomic E-state index is -0.0573. The van der Waals surface area contributed by atoms with Gasteiger partial charge in [0.15, 0.2) is 0 Å². The van der Waals surface area contributed by atoms with E-state index in [0.29, 0.717) is 13.1 Å². The zero-order valence-electron chi connectivity index (χ0n) is 14.6. The van der Waals surface area contributed by atoms with Crippen LogP contribution in [-0.2, 0) is 19.1 Å². The smallest absolute Gasteiger partial charge is 0.242 e. The Morgan fingerprint density at radius 2 is 1.84 bits per heavy atom. The van der Waals surface area contributed by atoms with Crippen LogP contribution in [-0.4, -0.2) is 61.5 Å². The molecule has 4 fully saturated rings. The van der Waals surface area contributed by atoms with E-state index in [-0.39, 0.29) is 47.6 Å². The van der Waals surface area contributed by atoms with E-state index < -0.39 is 0 Å². The Labute approximate surface area is 147 Å². The highest BCUT2D eigenvalue weighted by molar-refractivity contribution is 5.87. The summed E-state index contributed by atoms with van der Waals surface area (Å²) in [5.41, 5.74) is 0.184. The molecule has 2 aliphatic heterocycles. The van der Waals surface area contributed by atoms with Gasteiger partial charge in [0.2, 0.25) is 17.7 Å². The van der Waals surface area contributed by atoms with Gasteiger partial charge in [-0.25, -0.2) is 0 Å². The molecule has 1 spiro atoms. The van der Waals surface area contributed by atoms with E-state index in [2.05, 4.69) is 10.6 Å². The van der Waals surface area contributed by atoms with Gasteiger partial charge in [0, 0.05) is 44.2 Å². The van der Waals surface area contributed by atoms with Gasteiger partial charge in [-0.1, -0.05) is 0 Å². The van der Waals surface area contributed by atoms with Gasteiger partial charge in [0.1, 0.15) is 0 Å². The molecule has 3 amide bonds. The largest absolute Gasteiger partial charge is 0.381 e. The van der Waals surface area contributed by atoms with Gasteiger partial charge in [-0.05, 0) is 43.9 Å². The number of hydrogen-bond acceptors (Lipinski definition) is 4. The average molecular weight is 349 g/mol. The number of rotatable bonds is 5. The second-order valence-corrected chi connectivity index (χ2v) is 8.06. The monoisotopic (exact) mass is 349 g/mol. The van der Waals surface area contributed by atoms with Crippen molar-refractivity contribution in [2.75, 3.05) is 32.8 Å². The molecule has 2 saturated heterocycles. The van der Waals surface area contributed by atoms with Crippen LogP contribution < -0.4 is 10.6 Å². The molecule has 2 atom stereocenters. The van der Waals surface area contributed by atoms with Gasteiger partial charge in [0.05, 0.1) is 6.54 Å². The van der Waals surface area contributed by atoms with Crippen molar-refractivity contribution in [1.29, 1.82) is 0 Å². The van der Waals surface area contributed by atoms with Gasteiger partial charge in [-0.15, -0.1) is 0 Å². The molecule has 0 bridgehead atoms. The first-order valence-electron chi connectivity index (χ1n) is 9.51. The standard InChI is InChI=1S/C18H27N3O4/c22-15(10-19-16(23)12-1-2-12)21-6-3-13(11-21)20-17(24)14-9-18(14)4-7-25-8-5-18/h12-14H,1-11H2,(H,19,23)(H,20,24)/t13-,14?/m0/s1. The van der Waals surface area contributed by atoms with Crippen molar-refractivity contribution in [3.63, 3.8) is 0 Å². The van der Waals surface area contributed by atoms with E-state index in [1.807, 2.05) is 0 Å². The summed E-state index contributed by atoms with van der Waals surface area (Å²) in [6, 6.07) is 0.0353. The Bertz CT molecular complexity index is 569. The Morgan fingerprint density at radius 3 is 2.56 bits per heavy atom. The van der Waals surface area contributed by atoms with Crippen LogP contribution in [0.15, 0.2) is 0 Å². The highest BCUT2D eigenvalue weighted by Gasteiger charge is 2.58. The number of hydrogen-bond donors (Lipinski definition) is 2. The predicted octanol–water partition coefficient (Wildman–Crippen LogP) is 0.0464. The van der Waals surface area contributed by atoms with Crippen LogP contribution in [0.5, 0.6) is 0 Å². The molecular formula is C18H27N3O4. The summed E-state index contributed by atoms with van der Waals surface area (Å²) in [7, 11) is 0. The molecule has 25 heavy (non-hydrogen) atoms. The maximum absolute atomic E-state index is 12.5. The molecule has 0 aromatic carbocycles. The second kappa shape index (κ2) is 6.59. The van der Waals surface area contributed by atoms with Crippen molar-refractivity contribution >= 4 is 17.7 Å². The summed E-state index contributed by atoms with van der Waals surface area (Å²) >= 11 is 0. The number of carbonyl (C=O) groups excluding carboxylic acids is 3. The molecule has 0 aromatic heterocycles. The molecular weight excluding hydrogens is 322 g/mol. The van der Waals surface area contributed by atoms with Crippen LogP contribution in [0.3, 0.4) is 0 Å². The van der Waals surface area contributed by atoms with E-state index in [4.69, 9.17) is 4.74 Å². The lowest BCUT2D eigenvalue weighted by molar-refractivity contribution is -0.132. The van der Waals surface area contributed by atoms with Gasteiger partial charge in [0.25, 0.3) is 0 Å². The van der Waals surface area contributed by atoms with Crippen LogP contribution in [0, 0.1) is 17.3 Å². The minimum Gasteiger partial charge on any atom is -0.381 e. The van der Waals surface area contributed by atoms with Crippen LogP contribution >= 0.6 is 0 Å². The van der Waals surface area contributed by atoms with E-state index in [1.54, 1.807) is 4.90 Å². The fraction of sp³-hybridized carbons (Fsp3) is 0.833. The highest BCUT2D eigenvalue weighted by Crippen LogP contribution is 2.59. The molecule has 0 aromatic rings. The maximum atomic E-state index is 12.5. The van der Waals surface area contributed by atoms with Crippen molar-refractivity contribution < 1.29 is 19.1 Å².